The van der Waals surface area contributed by atoms with Gasteiger partial charge in [-0.15, -0.1) is 0 Å². The van der Waals surface area contributed by atoms with Crippen LogP contribution in [0.15, 0.2) is 36.9 Å². The first kappa shape index (κ1) is 76.0. The van der Waals surface area contributed by atoms with Gasteiger partial charge in [0.1, 0.15) is 42.1 Å². The van der Waals surface area contributed by atoms with E-state index in [9.17, 15) is 0 Å². The van der Waals surface area contributed by atoms with E-state index in [2.05, 4.69) is 203 Å². The first-order valence-electron chi connectivity index (χ1n) is 33.7. The van der Waals surface area contributed by atoms with Crippen LogP contribution in [0.4, 0.5) is 11.6 Å². The molecule has 8 heterocycles. The van der Waals surface area contributed by atoms with Crippen LogP contribution in [0.1, 0.15) is 170 Å². The number of rotatable bonds is 18. The number of aromatic nitrogens is 8. The summed E-state index contributed by atoms with van der Waals surface area (Å²) in [5.74, 6) is 0.452. The summed E-state index contributed by atoms with van der Waals surface area (Å²) in [5, 5.41) is 0.633. The molecule has 0 spiro atoms. The van der Waals surface area contributed by atoms with E-state index in [1.807, 2.05) is 33.4 Å². The largest absolute Gasteiger partial charge is 0.463 e. The molecule has 5 aromatic rings. The maximum Gasteiger partial charge on any atom is 0.335 e. The summed E-state index contributed by atoms with van der Waals surface area (Å²) < 4.78 is 82.5. The van der Waals surface area contributed by atoms with E-state index in [4.69, 9.17) is 88.7 Å². The Bertz CT molecular complexity index is 3310. The van der Waals surface area contributed by atoms with Crippen LogP contribution in [0.2, 0.25) is 90.9 Å². The average Bonchev–Trinajstić information content (AvgIpc) is 1.67. The molecule has 0 saturated carbocycles. The van der Waals surface area contributed by atoms with E-state index in [0.717, 1.165) is 5.56 Å². The second-order valence-electron chi connectivity index (χ2n) is 31.6. The van der Waals surface area contributed by atoms with Crippen molar-refractivity contribution in [3.05, 3.63) is 52.8 Å². The minimum atomic E-state index is -2.97. The fraction of sp³-hybridized carbons (Fsp3) is 0.750. The van der Waals surface area contributed by atoms with E-state index in [-0.39, 0.29) is 83.4 Å². The van der Waals surface area contributed by atoms with Crippen molar-refractivity contribution in [2.75, 3.05) is 31.3 Å². The summed E-state index contributed by atoms with van der Waals surface area (Å²) >= 11 is 12.3. The number of benzene rings is 1. The van der Waals surface area contributed by atoms with Crippen molar-refractivity contribution in [2.24, 2.45) is 0 Å². The molecule has 4 aliphatic rings. The molecule has 4 aliphatic heterocycles. The quantitative estimate of drug-likeness (QED) is 0.0612. The fourth-order valence-electron chi connectivity index (χ4n) is 13.2. The summed E-state index contributed by atoms with van der Waals surface area (Å²) in [6.45, 7) is 59.1. The molecular formula is C64H112Cl2N10O11Si6. The number of nitrogens with two attached hydrogens (primary N) is 2. The Morgan fingerprint density at radius 1 is 0.538 bits per heavy atom. The van der Waals surface area contributed by atoms with Crippen molar-refractivity contribution in [2.45, 2.75) is 288 Å². The molecule has 29 heteroatoms. The lowest BCUT2D eigenvalue weighted by atomic mass is 10.1. The molecule has 9 rings (SSSR count). The number of halogens is 2. The molecule has 0 bridgehead atoms. The molecule has 1 aromatic carbocycles. The van der Waals surface area contributed by atoms with E-state index in [0.29, 0.717) is 53.6 Å². The number of imidazole rings is 2. The third kappa shape index (κ3) is 14.9. The lowest BCUT2D eigenvalue weighted by Gasteiger charge is -2.52. The zero-order chi connectivity index (χ0) is 69.3. The van der Waals surface area contributed by atoms with Crippen molar-refractivity contribution >= 4 is 108 Å². The molecule has 522 valence electrons. The Kier molecular flexibility index (Phi) is 23.2. The maximum atomic E-state index is 7.56. The van der Waals surface area contributed by atoms with E-state index >= 15 is 0 Å². The molecule has 93 heavy (non-hydrogen) atoms. The zero-order valence-corrected chi connectivity index (χ0v) is 68.0. The van der Waals surface area contributed by atoms with E-state index in [1.165, 1.54) is 0 Å². The molecule has 0 aliphatic carbocycles. The Hall–Kier alpha value is -2.80. The van der Waals surface area contributed by atoms with Crippen molar-refractivity contribution < 1.29 is 49.0 Å². The molecule has 0 radical (unpaired) electrons. The number of nitrogen functional groups attached to an aromatic ring is 2. The minimum absolute atomic E-state index is 0.0425. The molecule has 0 amide bonds. The molecule has 0 unspecified atom stereocenters. The highest BCUT2D eigenvalue weighted by Gasteiger charge is 2.65. The SMILES string of the molecule is CC(C)[Si]1(C(C)C)OC[C@H]2O[C@@H](n3cnc4c(N)nc(Cl)nc43)[C@H](O[Si](C)(C)C(C)(C)C)[C@@H]2O[Si](C(C)C)(C(C)C)O1.CC(C)[Si]1(C(C)C)OC[C@H]2O[C@@H](n3cnc4c(N)nc(OCCc5ccc(Cl)cc5)nc43)[C@H](O[Si](C)(C)C(C)(C)C)[C@@H]2O[Si](C(C)C)(C(C)C)O1. The van der Waals surface area contributed by atoms with Crippen LogP contribution < -0.4 is 16.2 Å². The third-order valence-electron chi connectivity index (χ3n) is 20.6. The summed E-state index contributed by atoms with van der Waals surface area (Å²) in [6.07, 6.45) is 0.225. The van der Waals surface area contributed by atoms with Gasteiger partial charge in [-0.1, -0.05) is 176 Å². The van der Waals surface area contributed by atoms with Gasteiger partial charge in [-0.2, -0.15) is 19.9 Å². The lowest BCUT2D eigenvalue weighted by molar-refractivity contribution is -0.0565. The van der Waals surface area contributed by atoms with Gasteiger partial charge < -0.3 is 60.5 Å². The zero-order valence-electron chi connectivity index (χ0n) is 60.5. The van der Waals surface area contributed by atoms with Crippen LogP contribution in [0.3, 0.4) is 0 Å². The number of hydrogen-bond donors (Lipinski definition) is 2. The fourth-order valence-corrected chi connectivity index (χ4v) is 38.4. The van der Waals surface area contributed by atoms with Crippen LogP contribution in [0, 0.1) is 0 Å². The van der Waals surface area contributed by atoms with Crippen LogP contribution >= 0.6 is 23.2 Å². The van der Waals surface area contributed by atoms with Crippen molar-refractivity contribution in [3.63, 3.8) is 0 Å². The van der Waals surface area contributed by atoms with Crippen LogP contribution in [-0.2, 0) is 50.7 Å². The number of fused-ring (bicyclic) bond motifs is 4. The van der Waals surface area contributed by atoms with Crippen LogP contribution in [0.5, 0.6) is 6.01 Å². The van der Waals surface area contributed by atoms with Crippen LogP contribution in [0.25, 0.3) is 22.3 Å². The predicted molar refractivity (Wildman–Crippen MR) is 385 cm³/mol. The van der Waals surface area contributed by atoms with Gasteiger partial charge in [0.15, 0.2) is 57.5 Å². The standard InChI is InChI=1S/C36H60ClN5O6Si3.C28H52ClN5O5Si3/c1-22(2)50(23(3)4)44-20-28-30(47-51(48-50,24(5)6)25(7)8)31(46-49(12,13)36(9,10)11)34(45-28)42-21-39-29-32(38)40-35(41-33(29)42)43-19-18-26-14-16-27(37)17-15-26;1-16(2)41(17(3)4)35-14-20-22(38-42(39-41,18(5)6)19(7)8)23(37-40(12,13)28(9,10)11)26(36-20)34-15-31-21-24(30)32-27(29)33-25(21)34/h14-17,21-25,28,30-31,34H,18-20H2,1-13H3,(H2,38,40,41);15-20,22-23,26H,14H2,1-13H3,(H2,30,32,33)/t28-,30-,31-,34-;20-,22-,23-,26-/m11/s1. The topological polar surface area (TPSA) is 241 Å². The predicted octanol–water partition coefficient (Wildman–Crippen LogP) is 16.2. The highest BCUT2D eigenvalue weighted by Crippen LogP contribution is 2.53. The molecule has 4 saturated heterocycles. The Labute approximate surface area is 571 Å². The number of anilines is 2. The smallest absolute Gasteiger partial charge is 0.335 e. The summed E-state index contributed by atoms with van der Waals surface area (Å²) in [6, 6.07) is 7.86. The van der Waals surface area contributed by atoms with Gasteiger partial charge in [-0.05, 0) is 110 Å². The average molecular weight is 1440 g/mol. The third-order valence-corrected chi connectivity index (χ3v) is 50.5. The lowest BCUT2D eigenvalue weighted by Crippen LogP contribution is -2.66. The molecule has 8 atom stereocenters. The molecule has 4 N–H and O–H groups in total. The van der Waals surface area contributed by atoms with Gasteiger partial charge >= 0.3 is 40.3 Å². The Morgan fingerprint density at radius 3 is 1.27 bits per heavy atom. The van der Waals surface area contributed by atoms with Crippen LogP contribution in [-0.4, -0.2) is 146 Å². The second-order valence-corrected chi connectivity index (χ2v) is 59.6. The monoisotopic (exact) mass is 1430 g/mol. The van der Waals surface area contributed by atoms with Gasteiger partial charge in [0.05, 0.1) is 32.5 Å². The Balaban J connectivity index is 0.000000244. The normalized spacial score (nSPS) is 25.3. The van der Waals surface area contributed by atoms with Crippen molar-refractivity contribution in [1.82, 2.24) is 39.0 Å². The number of ether oxygens (including phenoxy) is 3. The van der Waals surface area contributed by atoms with E-state index < -0.39 is 93.9 Å². The minimum Gasteiger partial charge on any atom is -0.463 e. The second kappa shape index (κ2) is 28.4. The Morgan fingerprint density at radius 2 is 0.903 bits per heavy atom. The van der Waals surface area contributed by atoms with Gasteiger partial charge in [0, 0.05) is 11.4 Å². The first-order chi connectivity index (χ1) is 43.0. The molecule has 4 fully saturated rings. The summed E-state index contributed by atoms with van der Waals surface area (Å²) in [4.78, 5) is 27.1. The highest BCUT2D eigenvalue weighted by molar-refractivity contribution is 6.85. The highest BCUT2D eigenvalue weighted by atomic mass is 35.5. The van der Waals surface area contributed by atoms with Crippen molar-refractivity contribution in [3.8, 4) is 6.01 Å². The van der Waals surface area contributed by atoms with Crippen molar-refractivity contribution in [1.29, 1.82) is 0 Å². The molecule has 4 aromatic heterocycles. The number of nitrogens with zero attached hydrogens (tertiary/aromatic N) is 8. The first-order valence-corrected chi connectivity index (χ1v) is 48.2. The van der Waals surface area contributed by atoms with E-state index in [1.54, 1.807) is 12.7 Å². The van der Waals surface area contributed by atoms with Gasteiger partial charge in [0.2, 0.25) is 5.28 Å². The molecular weight excluding hydrogens is 1320 g/mol. The van der Waals surface area contributed by atoms with Gasteiger partial charge in [-0.3, -0.25) is 9.13 Å². The van der Waals surface area contributed by atoms with Gasteiger partial charge in [0.25, 0.3) is 0 Å². The summed E-state index contributed by atoms with van der Waals surface area (Å²) in [5.41, 5.74) is 17.3. The molecule has 21 nitrogen and oxygen atoms in total. The maximum absolute atomic E-state index is 7.56. The van der Waals surface area contributed by atoms with Gasteiger partial charge in [-0.25, -0.2) is 9.97 Å². The number of hydrogen-bond acceptors (Lipinski definition) is 19. The summed E-state index contributed by atoms with van der Waals surface area (Å²) in [7, 11) is -16.1.